The van der Waals surface area contributed by atoms with Gasteiger partial charge in [0.05, 0.1) is 47.1 Å². The third-order valence-electron chi connectivity index (χ3n) is 6.55. The molecule has 3 aromatic heterocycles. The summed E-state index contributed by atoms with van der Waals surface area (Å²) in [7, 11) is 0. The minimum Gasteiger partial charge on any atom is -0.388 e. The molecule has 2 aromatic carbocycles. The number of aliphatic hydroxyl groups excluding tert-OH is 1. The van der Waals surface area contributed by atoms with E-state index < -0.39 is 6.10 Å². The van der Waals surface area contributed by atoms with E-state index in [-0.39, 0.29) is 18.3 Å². The fraction of sp³-hybridized carbons (Fsp3) is 0.200. The topological polar surface area (TPSA) is 138 Å². The van der Waals surface area contributed by atoms with Crippen molar-refractivity contribution in [3.05, 3.63) is 82.2 Å². The van der Waals surface area contributed by atoms with Gasteiger partial charge in [0.25, 0.3) is 0 Å². The van der Waals surface area contributed by atoms with Gasteiger partial charge >= 0.3 is 5.69 Å². The number of hydrogen-bond donors (Lipinski definition) is 1. The Balaban J connectivity index is 1.61. The summed E-state index contributed by atoms with van der Waals surface area (Å²) in [4.78, 5) is 27.1. The van der Waals surface area contributed by atoms with Gasteiger partial charge in [-0.25, -0.2) is 14.8 Å². The maximum Gasteiger partial charge on any atom is 0.331 e. The lowest BCUT2D eigenvalue weighted by atomic mass is 9.85. The molecule has 6 rings (SSSR count). The van der Waals surface area contributed by atoms with Crippen LogP contribution in [0.1, 0.15) is 41.7 Å². The predicted octanol–water partition coefficient (Wildman–Crippen LogP) is 2.74. The molecular formula is C25H18N8O2. The molecule has 10 nitrogen and oxygen atoms in total. The van der Waals surface area contributed by atoms with Crippen LogP contribution in [0.15, 0.2) is 59.8 Å². The second kappa shape index (κ2) is 7.90. The van der Waals surface area contributed by atoms with Gasteiger partial charge in [-0.2, -0.15) is 15.5 Å². The molecule has 0 aliphatic heterocycles. The monoisotopic (exact) mass is 462 g/mol. The van der Waals surface area contributed by atoms with E-state index in [2.05, 4.69) is 16.0 Å². The molecule has 0 radical (unpaired) electrons. The van der Waals surface area contributed by atoms with Crippen molar-refractivity contribution in [3.63, 3.8) is 0 Å². The Kier molecular flexibility index (Phi) is 4.69. The summed E-state index contributed by atoms with van der Waals surface area (Å²) in [6.45, 7) is -0.137. The highest BCUT2D eigenvalue weighted by Gasteiger charge is 2.31. The number of nitrogens with zero attached hydrogens (tertiary/aromatic N) is 8. The Morgan fingerprint density at radius 2 is 1.89 bits per heavy atom. The van der Waals surface area contributed by atoms with Gasteiger partial charge in [0.15, 0.2) is 5.65 Å². The van der Waals surface area contributed by atoms with Crippen molar-refractivity contribution in [1.82, 2.24) is 28.7 Å². The van der Waals surface area contributed by atoms with Crippen molar-refractivity contribution < 1.29 is 5.11 Å². The lowest BCUT2D eigenvalue weighted by molar-refractivity contribution is 0.147. The summed E-state index contributed by atoms with van der Waals surface area (Å²) in [5, 5.41) is 29.2. The zero-order chi connectivity index (χ0) is 24.1. The van der Waals surface area contributed by atoms with Crippen molar-refractivity contribution >= 4 is 22.2 Å². The number of hydrogen-bond acceptors (Lipinski definition) is 7. The number of aliphatic hydroxyl groups is 1. The summed E-state index contributed by atoms with van der Waals surface area (Å²) in [5.41, 5.74) is 3.96. The van der Waals surface area contributed by atoms with Crippen LogP contribution in [-0.2, 0) is 6.54 Å². The van der Waals surface area contributed by atoms with Gasteiger partial charge in [-0.3, -0.25) is 13.7 Å². The average Bonchev–Trinajstić information content (AvgIpc) is 3.43. The molecule has 5 aromatic rings. The van der Waals surface area contributed by atoms with Crippen molar-refractivity contribution in [3.8, 4) is 18.1 Å². The second-order valence-corrected chi connectivity index (χ2v) is 8.44. The number of benzene rings is 2. The smallest absolute Gasteiger partial charge is 0.331 e. The average molecular weight is 462 g/mol. The zero-order valence-electron chi connectivity index (χ0n) is 18.4. The molecule has 2 atom stereocenters. The Morgan fingerprint density at radius 3 is 2.69 bits per heavy atom. The maximum atomic E-state index is 13.6. The normalized spacial score (nSPS) is 17.2. The van der Waals surface area contributed by atoms with E-state index in [9.17, 15) is 20.4 Å². The minimum absolute atomic E-state index is 0.137. The summed E-state index contributed by atoms with van der Waals surface area (Å²) >= 11 is 0. The van der Waals surface area contributed by atoms with E-state index in [1.165, 1.54) is 10.8 Å². The highest BCUT2D eigenvalue weighted by Crippen LogP contribution is 2.38. The molecule has 35 heavy (non-hydrogen) atoms. The number of rotatable bonds is 3. The second-order valence-electron chi connectivity index (χ2n) is 8.44. The lowest BCUT2D eigenvalue weighted by Gasteiger charge is -2.29. The summed E-state index contributed by atoms with van der Waals surface area (Å²) in [5.74, 6) is 0.294. The van der Waals surface area contributed by atoms with Crippen LogP contribution in [-0.4, -0.2) is 33.8 Å². The lowest BCUT2D eigenvalue weighted by Crippen LogP contribution is -2.30. The summed E-state index contributed by atoms with van der Waals surface area (Å²) in [6, 6.07) is 16.5. The molecule has 170 valence electrons. The first-order valence-corrected chi connectivity index (χ1v) is 11.1. The molecule has 0 saturated carbocycles. The Morgan fingerprint density at radius 1 is 1.06 bits per heavy atom. The van der Waals surface area contributed by atoms with Crippen molar-refractivity contribution in [2.75, 3.05) is 0 Å². The van der Waals surface area contributed by atoms with Gasteiger partial charge in [0, 0.05) is 0 Å². The van der Waals surface area contributed by atoms with E-state index in [1.54, 1.807) is 33.7 Å². The first-order chi connectivity index (χ1) is 17.1. The largest absolute Gasteiger partial charge is 0.388 e. The van der Waals surface area contributed by atoms with Gasteiger partial charge in [-0.1, -0.05) is 24.3 Å². The van der Waals surface area contributed by atoms with Crippen LogP contribution >= 0.6 is 0 Å². The van der Waals surface area contributed by atoms with E-state index in [0.29, 0.717) is 46.6 Å². The van der Waals surface area contributed by atoms with E-state index in [4.69, 9.17) is 4.98 Å². The predicted molar refractivity (Wildman–Crippen MR) is 126 cm³/mol. The van der Waals surface area contributed by atoms with E-state index in [1.807, 2.05) is 30.3 Å². The first kappa shape index (κ1) is 20.8. The molecule has 1 aliphatic rings. The van der Waals surface area contributed by atoms with Crippen LogP contribution in [0.5, 0.6) is 0 Å². The van der Waals surface area contributed by atoms with Gasteiger partial charge in [0.2, 0.25) is 5.95 Å². The van der Waals surface area contributed by atoms with Crippen LogP contribution < -0.4 is 5.69 Å². The molecular weight excluding hydrogens is 444 g/mol. The molecule has 0 amide bonds. The maximum absolute atomic E-state index is 13.6. The van der Waals surface area contributed by atoms with Crippen LogP contribution in [0.3, 0.4) is 0 Å². The highest BCUT2D eigenvalue weighted by molar-refractivity contribution is 5.79. The van der Waals surface area contributed by atoms with Crippen molar-refractivity contribution in [2.45, 2.75) is 31.5 Å². The number of fused-ring (bicyclic) bond motifs is 3. The fourth-order valence-electron chi connectivity index (χ4n) is 4.92. The van der Waals surface area contributed by atoms with Gasteiger partial charge in [-0.15, -0.1) is 0 Å². The van der Waals surface area contributed by atoms with Gasteiger partial charge in [-0.05, 0) is 42.2 Å². The molecule has 10 heteroatoms. The molecule has 0 spiro atoms. The molecule has 2 unspecified atom stereocenters. The molecule has 0 saturated heterocycles. The Hall–Kier alpha value is -4.80. The Bertz CT molecular complexity index is 1760. The number of aromatic nitrogens is 6. The molecule has 0 fully saturated rings. The van der Waals surface area contributed by atoms with Gasteiger partial charge < -0.3 is 5.11 Å². The standard InChI is InChI=1S/C25H18N8O2/c26-9-10-31-21-13-28-24(32-14-29-18-6-5-15(12-27)11-20(18)32)30-23(21)33(25(31)35)19-7-8-22(34)17-4-2-1-3-16(17)19/h1-6,11,13-14,19,22,34H,7-8,10H2. The number of imidazole rings is 2. The molecule has 3 heterocycles. The SMILES string of the molecule is N#CCn1c(=O)n(C2CCC(O)c3ccccc32)c2nc(-n3cnc4ccc(C#N)cc43)ncc21. The van der Waals surface area contributed by atoms with Crippen molar-refractivity contribution in [1.29, 1.82) is 10.5 Å². The van der Waals surface area contributed by atoms with E-state index in [0.717, 1.165) is 11.1 Å². The molecule has 1 aliphatic carbocycles. The summed E-state index contributed by atoms with van der Waals surface area (Å²) in [6.07, 6.45) is 3.56. The molecule has 1 N–H and O–H groups in total. The zero-order valence-corrected chi connectivity index (χ0v) is 18.4. The van der Waals surface area contributed by atoms with Crippen LogP contribution in [0.4, 0.5) is 0 Å². The molecule has 0 bridgehead atoms. The van der Waals surface area contributed by atoms with Crippen LogP contribution in [0, 0.1) is 22.7 Å². The van der Waals surface area contributed by atoms with Crippen molar-refractivity contribution in [2.24, 2.45) is 0 Å². The van der Waals surface area contributed by atoms with E-state index >= 15 is 0 Å². The quantitative estimate of drug-likeness (QED) is 0.435. The van der Waals surface area contributed by atoms with Crippen LogP contribution in [0.25, 0.3) is 28.1 Å². The third kappa shape index (κ3) is 3.12. The van der Waals surface area contributed by atoms with Crippen LogP contribution in [0.2, 0.25) is 0 Å². The third-order valence-corrected chi connectivity index (χ3v) is 6.55. The fourth-order valence-corrected chi connectivity index (χ4v) is 4.92. The summed E-state index contributed by atoms with van der Waals surface area (Å²) < 4.78 is 4.64. The minimum atomic E-state index is -0.595. The Labute approximate surface area is 198 Å². The van der Waals surface area contributed by atoms with Gasteiger partial charge in [0.1, 0.15) is 18.4 Å². The number of nitriles is 2. The highest BCUT2D eigenvalue weighted by atomic mass is 16.3. The first-order valence-electron chi connectivity index (χ1n) is 11.1.